The standard InChI is InChI=1S/C31H51NO4/c1-20(13-16-29(2,3)36)24-11-12-25-23-10-9-21-19-22(32-27(33)7-6-8-28(34)35)14-17-30(21,4)26(23)15-18-31(24,25)5/h9,20,22-26,36H,6-8,10-19H2,1-5H3,(H,32,33)(H,34,35). The molecule has 4 rings (SSSR count). The zero-order valence-corrected chi connectivity index (χ0v) is 23.4. The van der Waals surface area contributed by atoms with Gasteiger partial charge in [-0.25, -0.2) is 0 Å². The lowest BCUT2D eigenvalue weighted by Crippen LogP contribution is -2.52. The molecule has 204 valence electrons. The molecule has 36 heavy (non-hydrogen) atoms. The Hall–Kier alpha value is -1.36. The van der Waals surface area contributed by atoms with Crippen LogP contribution in [0.5, 0.6) is 0 Å². The topological polar surface area (TPSA) is 86.6 Å². The Labute approximate surface area is 218 Å². The van der Waals surface area contributed by atoms with Gasteiger partial charge in [-0.2, -0.15) is 0 Å². The molecule has 4 aliphatic rings. The van der Waals surface area contributed by atoms with E-state index in [1.807, 2.05) is 13.8 Å². The molecule has 0 spiro atoms. The third-order valence-electron chi connectivity index (χ3n) is 11.2. The summed E-state index contributed by atoms with van der Waals surface area (Å²) in [5.74, 6) is 2.97. The van der Waals surface area contributed by atoms with Crippen LogP contribution in [0.3, 0.4) is 0 Å². The first-order valence-corrected chi connectivity index (χ1v) is 14.8. The molecule has 0 saturated heterocycles. The number of hydrogen-bond acceptors (Lipinski definition) is 3. The van der Waals surface area contributed by atoms with Crippen LogP contribution in [0.2, 0.25) is 0 Å². The summed E-state index contributed by atoms with van der Waals surface area (Å²) in [6.45, 7) is 11.4. The Morgan fingerprint density at radius 2 is 1.86 bits per heavy atom. The van der Waals surface area contributed by atoms with Gasteiger partial charge in [0.1, 0.15) is 0 Å². The van der Waals surface area contributed by atoms with Gasteiger partial charge in [0.25, 0.3) is 0 Å². The summed E-state index contributed by atoms with van der Waals surface area (Å²) in [7, 11) is 0. The van der Waals surface area contributed by atoms with Gasteiger partial charge in [-0.1, -0.05) is 32.4 Å². The molecule has 4 aliphatic carbocycles. The van der Waals surface area contributed by atoms with Crippen LogP contribution in [0, 0.1) is 40.4 Å². The number of rotatable bonds is 9. The number of aliphatic hydroxyl groups is 1. The number of fused-ring (bicyclic) bond motifs is 5. The Morgan fingerprint density at radius 3 is 2.56 bits per heavy atom. The van der Waals surface area contributed by atoms with Gasteiger partial charge in [-0.15, -0.1) is 0 Å². The number of carbonyl (C=O) groups is 2. The minimum atomic E-state index is -0.834. The van der Waals surface area contributed by atoms with Gasteiger partial charge in [0.05, 0.1) is 5.60 Å². The van der Waals surface area contributed by atoms with Crippen LogP contribution in [-0.2, 0) is 9.59 Å². The molecule has 8 unspecified atom stereocenters. The molecule has 5 heteroatoms. The predicted molar refractivity (Wildman–Crippen MR) is 143 cm³/mol. The largest absolute Gasteiger partial charge is 0.481 e. The molecule has 0 aromatic rings. The number of carbonyl (C=O) groups excluding carboxylic acids is 1. The lowest BCUT2D eigenvalue weighted by molar-refractivity contribution is -0.137. The van der Waals surface area contributed by atoms with Crippen LogP contribution in [0.25, 0.3) is 0 Å². The van der Waals surface area contributed by atoms with Crippen molar-refractivity contribution < 1.29 is 19.8 Å². The summed E-state index contributed by atoms with van der Waals surface area (Å²) in [5, 5.41) is 22.3. The highest BCUT2D eigenvalue weighted by molar-refractivity contribution is 5.77. The first-order chi connectivity index (χ1) is 16.8. The van der Waals surface area contributed by atoms with Crippen LogP contribution < -0.4 is 5.32 Å². The molecule has 3 fully saturated rings. The van der Waals surface area contributed by atoms with Crippen molar-refractivity contribution in [1.29, 1.82) is 0 Å². The Morgan fingerprint density at radius 1 is 1.11 bits per heavy atom. The SMILES string of the molecule is CC(CCC(C)(C)O)C1CCC2C3CC=C4CC(NC(=O)CCCC(=O)O)CCC4(C)C3CCC12C. The van der Waals surface area contributed by atoms with Gasteiger partial charge in [0, 0.05) is 18.9 Å². The number of hydrogen-bond donors (Lipinski definition) is 3. The highest BCUT2D eigenvalue weighted by Gasteiger charge is 2.59. The second-order valence-electron chi connectivity index (χ2n) is 14.1. The molecule has 0 aliphatic heterocycles. The Balaban J connectivity index is 1.39. The third-order valence-corrected chi connectivity index (χ3v) is 11.2. The highest BCUT2D eigenvalue weighted by atomic mass is 16.4. The quantitative estimate of drug-likeness (QED) is 0.315. The first-order valence-electron chi connectivity index (χ1n) is 14.8. The zero-order chi connectivity index (χ0) is 26.3. The van der Waals surface area contributed by atoms with E-state index in [-0.39, 0.29) is 23.8 Å². The summed E-state index contributed by atoms with van der Waals surface area (Å²) in [5.41, 5.74) is 1.70. The molecule has 5 nitrogen and oxygen atoms in total. The van der Waals surface area contributed by atoms with Crippen molar-refractivity contribution in [1.82, 2.24) is 5.32 Å². The molecule has 3 saturated carbocycles. The van der Waals surface area contributed by atoms with E-state index in [4.69, 9.17) is 5.11 Å². The highest BCUT2D eigenvalue weighted by Crippen LogP contribution is 2.67. The molecule has 1 amide bonds. The maximum atomic E-state index is 12.4. The summed E-state index contributed by atoms with van der Waals surface area (Å²) in [6, 6.07) is 0.194. The second-order valence-corrected chi connectivity index (χ2v) is 14.1. The molecule has 0 bridgehead atoms. The monoisotopic (exact) mass is 501 g/mol. The summed E-state index contributed by atoms with van der Waals surface area (Å²) in [6.07, 6.45) is 15.0. The van der Waals surface area contributed by atoms with E-state index in [0.29, 0.717) is 24.2 Å². The van der Waals surface area contributed by atoms with E-state index < -0.39 is 11.6 Å². The van der Waals surface area contributed by atoms with Crippen LogP contribution in [0.4, 0.5) is 0 Å². The smallest absolute Gasteiger partial charge is 0.303 e. The van der Waals surface area contributed by atoms with Gasteiger partial charge in [0.2, 0.25) is 5.91 Å². The molecular weight excluding hydrogens is 450 g/mol. The minimum Gasteiger partial charge on any atom is -0.481 e. The number of carboxylic acids is 1. The number of carboxylic acid groups (broad SMARTS) is 1. The lowest BCUT2D eigenvalue weighted by Gasteiger charge is -2.58. The van der Waals surface area contributed by atoms with Crippen LogP contribution in [0.1, 0.15) is 118 Å². The van der Waals surface area contributed by atoms with Gasteiger partial charge < -0.3 is 15.5 Å². The van der Waals surface area contributed by atoms with Crippen LogP contribution in [0.15, 0.2) is 11.6 Å². The van der Waals surface area contributed by atoms with Crippen LogP contribution >= 0.6 is 0 Å². The lowest BCUT2D eigenvalue weighted by atomic mass is 9.47. The summed E-state index contributed by atoms with van der Waals surface area (Å²) in [4.78, 5) is 23.1. The first kappa shape index (κ1) is 27.7. The molecular formula is C31H51NO4. The molecule has 0 heterocycles. The average Bonchev–Trinajstić information content (AvgIpc) is 3.14. The molecule has 0 radical (unpaired) electrons. The molecule has 3 N–H and O–H groups in total. The normalized spacial score (nSPS) is 38.8. The van der Waals surface area contributed by atoms with E-state index in [0.717, 1.165) is 55.8 Å². The van der Waals surface area contributed by atoms with E-state index in [1.54, 1.807) is 5.57 Å². The van der Waals surface area contributed by atoms with E-state index in [9.17, 15) is 14.7 Å². The Kier molecular flexibility index (Phi) is 8.01. The van der Waals surface area contributed by atoms with E-state index in [1.165, 1.54) is 32.1 Å². The van der Waals surface area contributed by atoms with Crippen molar-refractivity contribution >= 4 is 11.9 Å². The molecule has 8 atom stereocenters. The fraction of sp³-hybridized carbons (Fsp3) is 0.871. The van der Waals surface area contributed by atoms with Gasteiger partial charge in [0.15, 0.2) is 0 Å². The fourth-order valence-electron chi connectivity index (χ4n) is 9.24. The van der Waals surface area contributed by atoms with E-state index in [2.05, 4.69) is 32.2 Å². The van der Waals surface area contributed by atoms with Gasteiger partial charge >= 0.3 is 5.97 Å². The number of allylic oxidation sites excluding steroid dienone is 1. The van der Waals surface area contributed by atoms with Crippen molar-refractivity contribution in [3.63, 3.8) is 0 Å². The molecule has 0 aromatic carbocycles. The zero-order valence-electron chi connectivity index (χ0n) is 23.4. The van der Waals surface area contributed by atoms with Crippen molar-refractivity contribution in [2.24, 2.45) is 40.4 Å². The summed E-state index contributed by atoms with van der Waals surface area (Å²) < 4.78 is 0. The minimum absolute atomic E-state index is 0.00303. The number of nitrogens with one attached hydrogen (secondary N) is 1. The number of aliphatic carboxylic acids is 1. The summed E-state index contributed by atoms with van der Waals surface area (Å²) >= 11 is 0. The van der Waals surface area contributed by atoms with Gasteiger partial charge in [-0.3, -0.25) is 9.59 Å². The average molecular weight is 502 g/mol. The van der Waals surface area contributed by atoms with Gasteiger partial charge in [-0.05, 0) is 125 Å². The van der Waals surface area contributed by atoms with Crippen molar-refractivity contribution in [3.8, 4) is 0 Å². The fourth-order valence-corrected chi connectivity index (χ4v) is 9.24. The van der Waals surface area contributed by atoms with Crippen molar-refractivity contribution in [3.05, 3.63) is 11.6 Å². The Bertz CT molecular complexity index is 859. The van der Waals surface area contributed by atoms with Crippen molar-refractivity contribution in [2.45, 2.75) is 130 Å². The second kappa shape index (κ2) is 10.4. The van der Waals surface area contributed by atoms with Crippen molar-refractivity contribution in [2.75, 3.05) is 0 Å². The van der Waals surface area contributed by atoms with E-state index >= 15 is 0 Å². The maximum Gasteiger partial charge on any atom is 0.303 e. The number of amides is 1. The third kappa shape index (κ3) is 5.56. The van der Waals surface area contributed by atoms with Crippen LogP contribution in [-0.4, -0.2) is 33.7 Å². The molecule has 0 aromatic heterocycles. The predicted octanol–water partition coefficient (Wildman–Crippen LogP) is 6.49. The maximum absolute atomic E-state index is 12.4.